The second-order valence-electron chi connectivity index (χ2n) is 7.54. The third kappa shape index (κ3) is 4.36. The van der Waals surface area contributed by atoms with Crippen molar-refractivity contribution in [2.24, 2.45) is 5.92 Å². The van der Waals surface area contributed by atoms with E-state index in [9.17, 15) is 9.90 Å². The quantitative estimate of drug-likeness (QED) is 0.774. The van der Waals surface area contributed by atoms with Gasteiger partial charge in [-0.05, 0) is 42.9 Å². The molecule has 27 heavy (non-hydrogen) atoms. The number of aromatic nitrogens is 3. The van der Waals surface area contributed by atoms with E-state index >= 15 is 0 Å². The van der Waals surface area contributed by atoms with Crippen molar-refractivity contribution in [3.05, 3.63) is 40.7 Å². The number of aliphatic hydroxyl groups excluding tert-OH is 1. The molecule has 0 saturated heterocycles. The molecule has 0 saturated carbocycles. The number of nitrogens with one attached hydrogen (secondary N) is 1. The molecule has 1 aliphatic heterocycles. The number of nitrogens with zero attached hydrogens (tertiary/aromatic N) is 4. The summed E-state index contributed by atoms with van der Waals surface area (Å²) in [6.07, 6.45) is 1.83. The van der Waals surface area contributed by atoms with Gasteiger partial charge < -0.3 is 10.4 Å². The van der Waals surface area contributed by atoms with Crippen LogP contribution in [0.5, 0.6) is 0 Å². The minimum Gasteiger partial charge on any atom is -0.395 e. The summed E-state index contributed by atoms with van der Waals surface area (Å²) in [4.78, 5) is 14.7. The molecule has 0 aliphatic carbocycles. The van der Waals surface area contributed by atoms with Crippen molar-refractivity contribution in [3.8, 4) is 5.69 Å². The Morgan fingerprint density at radius 3 is 2.93 bits per heavy atom. The molecule has 1 amide bonds. The summed E-state index contributed by atoms with van der Waals surface area (Å²) in [6, 6.07) is 6.16. The number of β-amino-alcohol motifs (C(OH)–C–C–N with tert-alkyl or cyclic N) is 1. The number of fused-ring (bicyclic) bond motifs is 1. The molecule has 146 valence electrons. The van der Waals surface area contributed by atoms with E-state index in [-0.39, 0.29) is 12.5 Å². The Morgan fingerprint density at radius 1 is 1.37 bits per heavy atom. The first kappa shape index (κ1) is 19.5. The topological polar surface area (TPSA) is 83.3 Å². The highest BCUT2D eigenvalue weighted by Crippen LogP contribution is 2.26. The zero-order valence-corrected chi connectivity index (χ0v) is 16.4. The van der Waals surface area contributed by atoms with Crippen molar-refractivity contribution in [2.45, 2.75) is 40.2 Å². The molecule has 2 heterocycles. The van der Waals surface area contributed by atoms with Gasteiger partial charge in [0.15, 0.2) is 5.69 Å². The number of amides is 1. The van der Waals surface area contributed by atoms with Crippen molar-refractivity contribution in [1.82, 2.24) is 25.2 Å². The predicted octanol–water partition coefficient (Wildman–Crippen LogP) is 1.70. The third-order valence-corrected chi connectivity index (χ3v) is 5.08. The molecular formula is C20H29N5O2. The van der Waals surface area contributed by atoms with Gasteiger partial charge in [-0.25, -0.2) is 4.68 Å². The molecule has 1 aliphatic rings. The third-order valence-electron chi connectivity index (χ3n) is 5.08. The molecule has 0 radical (unpaired) electrons. The van der Waals surface area contributed by atoms with Gasteiger partial charge in [0.05, 0.1) is 18.0 Å². The Hall–Kier alpha value is -2.25. The van der Waals surface area contributed by atoms with Crippen molar-refractivity contribution < 1.29 is 9.90 Å². The second-order valence-corrected chi connectivity index (χ2v) is 7.54. The Balaban J connectivity index is 1.81. The van der Waals surface area contributed by atoms with Crippen LogP contribution in [0.2, 0.25) is 0 Å². The van der Waals surface area contributed by atoms with E-state index in [0.29, 0.717) is 24.7 Å². The van der Waals surface area contributed by atoms with Crippen molar-refractivity contribution in [3.63, 3.8) is 0 Å². The Labute approximate surface area is 160 Å². The summed E-state index contributed by atoms with van der Waals surface area (Å²) in [5, 5.41) is 20.5. The van der Waals surface area contributed by atoms with E-state index in [0.717, 1.165) is 37.3 Å². The monoisotopic (exact) mass is 371 g/mol. The number of carbonyl (C=O) groups is 1. The van der Waals surface area contributed by atoms with E-state index in [2.05, 4.69) is 40.4 Å². The number of benzene rings is 1. The second kappa shape index (κ2) is 8.63. The van der Waals surface area contributed by atoms with Crippen molar-refractivity contribution >= 4 is 5.91 Å². The average molecular weight is 371 g/mol. The molecule has 0 spiro atoms. The van der Waals surface area contributed by atoms with Gasteiger partial charge in [0.25, 0.3) is 5.91 Å². The molecule has 2 N–H and O–H groups in total. The fourth-order valence-electron chi connectivity index (χ4n) is 3.50. The minimum absolute atomic E-state index is 0.168. The van der Waals surface area contributed by atoms with Crippen LogP contribution in [0.15, 0.2) is 18.2 Å². The smallest absolute Gasteiger partial charge is 0.273 e. The lowest BCUT2D eigenvalue weighted by molar-refractivity contribution is 0.0946. The number of hydrogen-bond acceptors (Lipinski definition) is 5. The Kier molecular flexibility index (Phi) is 6.23. The van der Waals surface area contributed by atoms with E-state index in [1.807, 2.05) is 19.1 Å². The average Bonchev–Trinajstić information content (AvgIpc) is 3.02. The summed E-state index contributed by atoms with van der Waals surface area (Å²) >= 11 is 0. The van der Waals surface area contributed by atoms with Crippen LogP contribution in [-0.2, 0) is 13.0 Å². The van der Waals surface area contributed by atoms with Gasteiger partial charge in [-0.3, -0.25) is 9.69 Å². The van der Waals surface area contributed by atoms with Gasteiger partial charge in [0, 0.05) is 26.2 Å². The lowest BCUT2D eigenvalue weighted by Gasteiger charge is -2.29. The number of rotatable bonds is 7. The Morgan fingerprint density at radius 2 is 2.19 bits per heavy atom. The first-order valence-corrected chi connectivity index (χ1v) is 9.66. The van der Waals surface area contributed by atoms with E-state index in [1.165, 1.54) is 11.1 Å². The normalized spacial score (nSPS) is 14.4. The Bertz CT molecular complexity index is 800. The highest BCUT2D eigenvalue weighted by atomic mass is 16.3. The van der Waals surface area contributed by atoms with Gasteiger partial charge in [-0.2, -0.15) is 0 Å². The van der Waals surface area contributed by atoms with Crippen LogP contribution < -0.4 is 5.32 Å². The van der Waals surface area contributed by atoms with E-state index in [1.54, 1.807) is 4.68 Å². The molecule has 0 bridgehead atoms. The maximum Gasteiger partial charge on any atom is 0.273 e. The summed E-state index contributed by atoms with van der Waals surface area (Å²) < 4.78 is 1.78. The van der Waals surface area contributed by atoms with Crippen molar-refractivity contribution in [2.75, 3.05) is 26.2 Å². The molecule has 7 nitrogen and oxygen atoms in total. The fraction of sp³-hybridized carbons (Fsp3) is 0.550. The zero-order chi connectivity index (χ0) is 19.4. The van der Waals surface area contributed by atoms with Gasteiger partial charge >= 0.3 is 0 Å². The standard InChI is InChI=1S/C20H29N5O2/c1-14(2)7-9-21-20(27)19-15(3)25(23-22-19)18-6-4-5-16-13-24(11-12-26)10-8-17(16)18/h4-6,14,26H,7-13H2,1-3H3,(H,21,27). The van der Waals surface area contributed by atoms with Gasteiger partial charge in [-0.1, -0.05) is 31.2 Å². The molecule has 7 heteroatoms. The van der Waals surface area contributed by atoms with Crippen LogP contribution in [-0.4, -0.2) is 57.1 Å². The number of carbonyl (C=O) groups excluding carboxylic acids is 1. The SMILES string of the molecule is Cc1c(C(=O)NCCC(C)C)nnn1-c1cccc2c1CCN(CCO)C2. The molecule has 3 rings (SSSR count). The highest BCUT2D eigenvalue weighted by Gasteiger charge is 2.22. The number of aliphatic hydroxyl groups is 1. The highest BCUT2D eigenvalue weighted by molar-refractivity contribution is 5.93. The molecule has 1 aromatic carbocycles. The molecule has 0 unspecified atom stereocenters. The van der Waals surface area contributed by atoms with Crippen LogP contribution in [0, 0.1) is 12.8 Å². The molecule has 1 aromatic heterocycles. The lowest BCUT2D eigenvalue weighted by Crippen LogP contribution is -2.33. The zero-order valence-electron chi connectivity index (χ0n) is 16.4. The fourth-order valence-corrected chi connectivity index (χ4v) is 3.50. The molecule has 0 fully saturated rings. The van der Waals surface area contributed by atoms with Crippen LogP contribution >= 0.6 is 0 Å². The van der Waals surface area contributed by atoms with Gasteiger partial charge in [-0.15, -0.1) is 5.10 Å². The maximum atomic E-state index is 12.4. The maximum absolute atomic E-state index is 12.4. The first-order valence-electron chi connectivity index (χ1n) is 9.66. The molecular weight excluding hydrogens is 342 g/mol. The molecule has 2 aromatic rings. The van der Waals surface area contributed by atoms with Crippen molar-refractivity contribution in [1.29, 1.82) is 0 Å². The van der Waals surface area contributed by atoms with Crippen LogP contribution in [0.3, 0.4) is 0 Å². The van der Waals surface area contributed by atoms with Crippen LogP contribution in [0.4, 0.5) is 0 Å². The summed E-state index contributed by atoms with van der Waals surface area (Å²) in [7, 11) is 0. The number of hydrogen-bond donors (Lipinski definition) is 2. The van der Waals surface area contributed by atoms with E-state index in [4.69, 9.17) is 0 Å². The minimum atomic E-state index is -0.168. The molecule has 0 atom stereocenters. The van der Waals surface area contributed by atoms with Crippen LogP contribution in [0.1, 0.15) is 47.6 Å². The summed E-state index contributed by atoms with van der Waals surface area (Å²) in [5.74, 6) is 0.377. The summed E-state index contributed by atoms with van der Waals surface area (Å²) in [5.41, 5.74) is 4.61. The predicted molar refractivity (Wildman–Crippen MR) is 104 cm³/mol. The lowest BCUT2D eigenvalue weighted by atomic mass is 9.97. The van der Waals surface area contributed by atoms with Crippen LogP contribution in [0.25, 0.3) is 5.69 Å². The van der Waals surface area contributed by atoms with Gasteiger partial charge in [0.2, 0.25) is 0 Å². The largest absolute Gasteiger partial charge is 0.395 e. The first-order chi connectivity index (χ1) is 13.0. The summed E-state index contributed by atoms with van der Waals surface area (Å²) in [6.45, 7) is 9.38. The van der Waals surface area contributed by atoms with E-state index < -0.39 is 0 Å². The van der Waals surface area contributed by atoms with Gasteiger partial charge in [0.1, 0.15) is 0 Å².